The molecule has 0 unspecified atom stereocenters. The van der Waals surface area contributed by atoms with Crippen molar-refractivity contribution in [3.63, 3.8) is 0 Å². The predicted molar refractivity (Wildman–Crippen MR) is 98.8 cm³/mol. The van der Waals surface area contributed by atoms with Gasteiger partial charge in [-0.3, -0.25) is 0 Å². The first-order chi connectivity index (χ1) is 11.7. The number of ether oxygens (including phenoxy) is 1. The fourth-order valence-electron chi connectivity index (χ4n) is 4.48. The highest BCUT2D eigenvalue weighted by molar-refractivity contribution is 5.96. The van der Waals surface area contributed by atoms with E-state index in [1.165, 1.54) is 27.6 Å². The Kier molecular flexibility index (Phi) is 2.76. The van der Waals surface area contributed by atoms with Gasteiger partial charge in [0.05, 0.1) is 12.6 Å². The molecule has 2 atom stereocenters. The van der Waals surface area contributed by atoms with E-state index in [0.717, 1.165) is 12.4 Å². The van der Waals surface area contributed by atoms with Gasteiger partial charge in [0, 0.05) is 28.0 Å². The van der Waals surface area contributed by atoms with Crippen LogP contribution in [0.5, 0.6) is 5.75 Å². The lowest BCUT2D eigenvalue weighted by Crippen LogP contribution is -2.46. The first-order valence-corrected chi connectivity index (χ1v) is 8.67. The van der Waals surface area contributed by atoms with E-state index in [1.807, 2.05) is 0 Å². The zero-order valence-electron chi connectivity index (χ0n) is 14.0. The average molecular weight is 315 g/mol. The van der Waals surface area contributed by atoms with E-state index in [9.17, 15) is 0 Å². The van der Waals surface area contributed by atoms with Crippen molar-refractivity contribution in [2.45, 2.75) is 25.3 Å². The van der Waals surface area contributed by atoms with Crippen molar-refractivity contribution in [2.24, 2.45) is 5.92 Å². The third kappa shape index (κ3) is 1.77. The number of para-hydroxylation sites is 1. The molecule has 0 bridgehead atoms. The van der Waals surface area contributed by atoms with Crippen LogP contribution in [-0.2, 0) is 5.41 Å². The minimum atomic E-state index is 0.0583. The van der Waals surface area contributed by atoms with Gasteiger partial charge < -0.3 is 10.1 Å². The lowest BCUT2D eigenvalue weighted by Gasteiger charge is -2.48. The highest BCUT2D eigenvalue weighted by atomic mass is 16.5. The van der Waals surface area contributed by atoms with Crippen LogP contribution in [0, 0.1) is 5.92 Å². The lowest BCUT2D eigenvalue weighted by atomic mass is 9.65. The fourth-order valence-corrected chi connectivity index (χ4v) is 4.48. The second kappa shape index (κ2) is 4.76. The molecule has 0 radical (unpaired) electrons. The number of hydrogen-bond donors (Lipinski definition) is 1. The molecule has 0 amide bonds. The molecule has 2 aliphatic heterocycles. The number of nitrogens with one attached hydrogen (secondary N) is 1. The second-order valence-electron chi connectivity index (χ2n) is 7.51. The molecule has 0 aromatic heterocycles. The van der Waals surface area contributed by atoms with Crippen LogP contribution in [0.3, 0.4) is 0 Å². The normalized spacial score (nSPS) is 23.4. The molecule has 0 aliphatic carbocycles. The van der Waals surface area contributed by atoms with Crippen molar-refractivity contribution in [1.82, 2.24) is 0 Å². The molecule has 24 heavy (non-hydrogen) atoms. The third-order valence-corrected chi connectivity index (χ3v) is 5.92. The molecule has 0 saturated heterocycles. The molecule has 2 nitrogen and oxygen atoms in total. The summed E-state index contributed by atoms with van der Waals surface area (Å²) in [5.74, 6) is 1.44. The topological polar surface area (TPSA) is 21.3 Å². The van der Waals surface area contributed by atoms with Crippen molar-refractivity contribution >= 4 is 16.5 Å². The van der Waals surface area contributed by atoms with Crippen LogP contribution in [-0.4, -0.2) is 6.61 Å². The minimum absolute atomic E-state index is 0.0583. The Morgan fingerprint density at radius 1 is 0.958 bits per heavy atom. The third-order valence-electron chi connectivity index (χ3n) is 5.92. The largest absolute Gasteiger partial charge is 0.493 e. The molecule has 0 saturated carbocycles. The summed E-state index contributed by atoms with van der Waals surface area (Å²) in [6, 6.07) is 21.9. The molecular formula is C22H21NO. The molecule has 3 aromatic carbocycles. The zero-order chi connectivity index (χ0) is 16.3. The van der Waals surface area contributed by atoms with Gasteiger partial charge in [0.1, 0.15) is 5.75 Å². The number of rotatable bonds is 0. The Hall–Kier alpha value is -2.48. The summed E-state index contributed by atoms with van der Waals surface area (Å²) in [6.45, 7) is 5.47. The Morgan fingerprint density at radius 3 is 2.67 bits per heavy atom. The molecule has 2 heterocycles. The number of benzene rings is 3. The Balaban J connectivity index is 1.76. The van der Waals surface area contributed by atoms with Gasteiger partial charge in [0.25, 0.3) is 0 Å². The summed E-state index contributed by atoms with van der Waals surface area (Å²) in [4.78, 5) is 0. The number of fused-ring (bicyclic) bond motifs is 6. The van der Waals surface area contributed by atoms with Crippen molar-refractivity contribution in [3.05, 3.63) is 71.8 Å². The van der Waals surface area contributed by atoms with E-state index >= 15 is 0 Å². The van der Waals surface area contributed by atoms with E-state index < -0.39 is 0 Å². The smallest absolute Gasteiger partial charge is 0.124 e. The van der Waals surface area contributed by atoms with Crippen molar-refractivity contribution < 1.29 is 4.74 Å². The maximum atomic E-state index is 6.09. The summed E-state index contributed by atoms with van der Waals surface area (Å²) in [5.41, 5.74) is 4.02. The summed E-state index contributed by atoms with van der Waals surface area (Å²) < 4.78 is 6.09. The van der Waals surface area contributed by atoms with Crippen molar-refractivity contribution in [2.75, 3.05) is 11.9 Å². The van der Waals surface area contributed by atoms with Gasteiger partial charge in [-0.15, -0.1) is 0 Å². The van der Waals surface area contributed by atoms with Gasteiger partial charge in [0.2, 0.25) is 0 Å². The van der Waals surface area contributed by atoms with E-state index in [4.69, 9.17) is 4.74 Å². The van der Waals surface area contributed by atoms with Crippen molar-refractivity contribution in [1.29, 1.82) is 0 Å². The molecule has 0 spiro atoms. The van der Waals surface area contributed by atoms with Crippen LogP contribution < -0.4 is 10.1 Å². The Labute approximate surface area is 142 Å². The first kappa shape index (κ1) is 13.9. The molecule has 5 rings (SSSR count). The van der Waals surface area contributed by atoms with Gasteiger partial charge in [-0.25, -0.2) is 0 Å². The number of hydrogen-bond acceptors (Lipinski definition) is 2. The maximum Gasteiger partial charge on any atom is 0.124 e. The fraction of sp³-hybridized carbons (Fsp3) is 0.273. The SMILES string of the molecule is CC1(C)c2ccc3ccccc3c2N[C@@H]2c3ccccc3OC[C@H]21. The molecule has 1 N–H and O–H groups in total. The van der Waals surface area contributed by atoms with Gasteiger partial charge in [-0.2, -0.15) is 0 Å². The van der Waals surface area contributed by atoms with Crippen LogP contribution in [0.1, 0.15) is 31.0 Å². The molecule has 0 fully saturated rings. The Morgan fingerprint density at radius 2 is 1.75 bits per heavy atom. The van der Waals surface area contributed by atoms with E-state index in [0.29, 0.717) is 12.0 Å². The Bertz CT molecular complexity index is 944. The van der Waals surface area contributed by atoms with Gasteiger partial charge in [-0.05, 0) is 17.0 Å². The standard InChI is InChI=1S/C22H21NO/c1-22(2)17-12-11-14-7-3-4-8-15(14)20(17)23-21-16-9-5-6-10-19(16)24-13-18(21)22/h3-12,18,21,23H,13H2,1-2H3/t18-,21-/m1/s1. The quantitative estimate of drug-likeness (QED) is 0.608. The highest BCUT2D eigenvalue weighted by Crippen LogP contribution is 2.53. The van der Waals surface area contributed by atoms with Crippen molar-refractivity contribution in [3.8, 4) is 5.75 Å². The maximum absolute atomic E-state index is 6.09. The number of anilines is 1. The van der Waals surface area contributed by atoms with Crippen LogP contribution in [0.25, 0.3) is 10.8 Å². The minimum Gasteiger partial charge on any atom is -0.493 e. The van der Waals surface area contributed by atoms with Crippen LogP contribution in [0.15, 0.2) is 60.7 Å². The van der Waals surface area contributed by atoms with E-state index in [1.54, 1.807) is 0 Å². The van der Waals surface area contributed by atoms with Crippen LogP contribution in [0.4, 0.5) is 5.69 Å². The lowest BCUT2D eigenvalue weighted by molar-refractivity contribution is 0.136. The van der Waals surface area contributed by atoms with Crippen LogP contribution in [0.2, 0.25) is 0 Å². The van der Waals surface area contributed by atoms with E-state index in [2.05, 4.69) is 79.8 Å². The van der Waals surface area contributed by atoms with Gasteiger partial charge >= 0.3 is 0 Å². The zero-order valence-corrected chi connectivity index (χ0v) is 14.0. The van der Waals surface area contributed by atoms with Gasteiger partial charge in [0.15, 0.2) is 0 Å². The summed E-state index contributed by atoms with van der Waals surface area (Å²) in [5, 5.41) is 6.47. The average Bonchev–Trinajstić information content (AvgIpc) is 2.61. The summed E-state index contributed by atoms with van der Waals surface area (Å²) in [7, 11) is 0. The summed E-state index contributed by atoms with van der Waals surface area (Å²) in [6.07, 6.45) is 0. The monoisotopic (exact) mass is 315 g/mol. The molecular weight excluding hydrogens is 294 g/mol. The van der Waals surface area contributed by atoms with Gasteiger partial charge in [-0.1, -0.05) is 68.4 Å². The second-order valence-corrected chi connectivity index (χ2v) is 7.51. The molecule has 3 aromatic rings. The highest BCUT2D eigenvalue weighted by Gasteiger charge is 2.46. The van der Waals surface area contributed by atoms with E-state index in [-0.39, 0.29) is 5.41 Å². The van der Waals surface area contributed by atoms with Crippen LogP contribution >= 0.6 is 0 Å². The molecule has 2 heteroatoms. The predicted octanol–water partition coefficient (Wildman–Crippen LogP) is 5.29. The first-order valence-electron chi connectivity index (χ1n) is 8.67. The molecule has 2 aliphatic rings. The summed E-state index contributed by atoms with van der Waals surface area (Å²) >= 11 is 0. The molecule has 120 valence electrons.